The van der Waals surface area contributed by atoms with Crippen molar-refractivity contribution in [2.45, 2.75) is 70.3 Å². The van der Waals surface area contributed by atoms with E-state index in [9.17, 15) is 0 Å². The van der Waals surface area contributed by atoms with Crippen molar-refractivity contribution >= 4 is 0 Å². The molecule has 110 valence electrons. The maximum absolute atomic E-state index is 3.93. The highest BCUT2D eigenvalue weighted by atomic mass is 15.0. The molecule has 1 heterocycles. The molecule has 3 rings (SSSR count). The number of hydrogen-bond donors (Lipinski definition) is 1. The van der Waals surface area contributed by atoms with E-state index in [4.69, 9.17) is 0 Å². The van der Waals surface area contributed by atoms with Crippen molar-refractivity contribution in [3.8, 4) is 0 Å². The first kappa shape index (κ1) is 14.1. The Morgan fingerprint density at radius 3 is 2.30 bits per heavy atom. The van der Waals surface area contributed by atoms with Gasteiger partial charge in [-0.15, -0.1) is 0 Å². The first-order chi connectivity index (χ1) is 9.52. The molecule has 1 aliphatic carbocycles. The quantitative estimate of drug-likeness (QED) is 0.818. The number of rotatable bonds is 2. The Bertz CT molecular complexity index is 440. The summed E-state index contributed by atoms with van der Waals surface area (Å²) >= 11 is 0. The standard InChI is InChI=1S/C19H29N/c1-18(2,3)15-7-9-16(10-8-15)19(17-11-12-17)13-5-4-6-14-20-19/h7-10,17,20H,4-6,11-14H2,1-3H3. The van der Waals surface area contributed by atoms with Crippen LogP contribution < -0.4 is 5.32 Å². The molecule has 20 heavy (non-hydrogen) atoms. The molecule has 0 spiro atoms. The zero-order valence-corrected chi connectivity index (χ0v) is 13.3. The molecule has 0 radical (unpaired) electrons. The Morgan fingerprint density at radius 2 is 1.70 bits per heavy atom. The Kier molecular flexibility index (Phi) is 3.66. The van der Waals surface area contributed by atoms with Crippen LogP contribution in [0.2, 0.25) is 0 Å². The first-order valence-electron chi connectivity index (χ1n) is 8.38. The Balaban J connectivity index is 1.91. The fraction of sp³-hybridized carbons (Fsp3) is 0.684. The lowest BCUT2D eigenvalue weighted by atomic mass is 9.79. The molecule has 0 aromatic heterocycles. The van der Waals surface area contributed by atoms with E-state index in [-0.39, 0.29) is 11.0 Å². The predicted molar refractivity (Wildman–Crippen MR) is 86.0 cm³/mol. The molecule has 2 fully saturated rings. The average molecular weight is 271 g/mol. The summed E-state index contributed by atoms with van der Waals surface area (Å²) in [6, 6.07) is 9.51. The van der Waals surface area contributed by atoms with Crippen LogP contribution in [0.25, 0.3) is 0 Å². The lowest BCUT2D eigenvalue weighted by molar-refractivity contribution is 0.279. The van der Waals surface area contributed by atoms with Crippen molar-refractivity contribution < 1.29 is 0 Å². The van der Waals surface area contributed by atoms with E-state index in [0.717, 1.165) is 5.92 Å². The smallest absolute Gasteiger partial charge is 0.0463 e. The molecule has 1 unspecified atom stereocenters. The van der Waals surface area contributed by atoms with Crippen LogP contribution in [-0.4, -0.2) is 6.54 Å². The molecule has 1 aromatic rings. The maximum Gasteiger partial charge on any atom is 0.0463 e. The van der Waals surface area contributed by atoms with Crippen molar-refractivity contribution in [1.82, 2.24) is 5.32 Å². The fourth-order valence-electron chi connectivity index (χ4n) is 3.78. The third kappa shape index (κ3) is 2.65. The van der Waals surface area contributed by atoms with Crippen LogP contribution in [0, 0.1) is 5.92 Å². The van der Waals surface area contributed by atoms with Crippen molar-refractivity contribution in [3.05, 3.63) is 35.4 Å². The van der Waals surface area contributed by atoms with Crippen LogP contribution in [0.1, 0.15) is 70.4 Å². The lowest BCUT2D eigenvalue weighted by Gasteiger charge is -2.35. The highest BCUT2D eigenvalue weighted by molar-refractivity contribution is 5.33. The summed E-state index contributed by atoms with van der Waals surface area (Å²) in [5, 5.41) is 3.93. The minimum absolute atomic E-state index is 0.252. The van der Waals surface area contributed by atoms with Crippen molar-refractivity contribution in [2.24, 2.45) is 5.92 Å². The van der Waals surface area contributed by atoms with E-state index in [0.29, 0.717) is 0 Å². The van der Waals surface area contributed by atoms with Gasteiger partial charge in [0.15, 0.2) is 0 Å². The van der Waals surface area contributed by atoms with Crippen LogP contribution in [0.3, 0.4) is 0 Å². The average Bonchev–Trinajstić information content (AvgIpc) is 3.25. The monoisotopic (exact) mass is 271 g/mol. The molecule has 1 saturated carbocycles. The topological polar surface area (TPSA) is 12.0 Å². The van der Waals surface area contributed by atoms with Crippen LogP contribution in [0.5, 0.6) is 0 Å². The molecule has 1 nitrogen and oxygen atoms in total. The largest absolute Gasteiger partial charge is 0.307 e. The van der Waals surface area contributed by atoms with Crippen LogP contribution in [-0.2, 0) is 11.0 Å². The highest BCUT2D eigenvalue weighted by Crippen LogP contribution is 2.49. The third-order valence-electron chi connectivity index (χ3n) is 5.23. The number of hydrogen-bond acceptors (Lipinski definition) is 1. The molecule has 1 N–H and O–H groups in total. The van der Waals surface area contributed by atoms with Crippen molar-refractivity contribution in [2.75, 3.05) is 6.54 Å². The van der Waals surface area contributed by atoms with E-state index in [1.807, 2.05) is 0 Å². The van der Waals surface area contributed by atoms with E-state index in [1.54, 1.807) is 0 Å². The zero-order valence-electron chi connectivity index (χ0n) is 13.3. The van der Waals surface area contributed by atoms with E-state index >= 15 is 0 Å². The summed E-state index contributed by atoms with van der Waals surface area (Å²) in [6.07, 6.45) is 8.26. The van der Waals surface area contributed by atoms with Crippen LogP contribution >= 0.6 is 0 Å². The van der Waals surface area contributed by atoms with E-state index < -0.39 is 0 Å². The number of benzene rings is 1. The van der Waals surface area contributed by atoms with Gasteiger partial charge in [-0.05, 0) is 54.7 Å². The van der Waals surface area contributed by atoms with Gasteiger partial charge in [-0.25, -0.2) is 0 Å². The van der Waals surface area contributed by atoms with Gasteiger partial charge in [0.2, 0.25) is 0 Å². The molecule has 1 atom stereocenters. The number of nitrogens with one attached hydrogen (secondary N) is 1. The summed E-state index contributed by atoms with van der Waals surface area (Å²) in [4.78, 5) is 0. The van der Waals surface area contributed by atoms with Gasteiger partial charge in [-0.2, -0.15) is 0 Å². The van der Waals surface area contributed by atoms with Gasteiger partial charge >= 0.3 is 0 Å². The van der Waals surface area contributed by atoms with Crippen LogP contribution in [0.4, 0.5) is 0 Å². The first-order valence-corrected chi connectivity index (χ1v) is 8.38. The molecule has 0 amide bonds. The summed E-state index contributed by atoms with van der Waals surface area (Å²) in [5.74, 6) is 0.876. The fourth-order valence-corrected chi connectivity index (χ4v) is 3.78. The minimum Gasteiger partial charge on any atom is -0.307 e. The Labute approximate surface area is 124 Å². The van der Waals surface area contributed by atoms with Crippen molar-refractivity contribution in [3.63, 3.8) is 0 Å². The minimum atomic E-state index is 0.252. The molecule has 1 aliphatic heterocycles. The Hall–Kier alpha value is -0.820. The molecule has 0 bridgehead atoms. The van der Waals surface area contributed by atoms with Gasteiger partial charge in [-0.1, -0.05) is 57.9 Å². The normalized spacial score (nSPS) is 28.1. The molecular formula is C19H29N. The predicted octanol–water partition coefficient (Wildman–Crippen LogP) is 4.75. The van der Waals surface area contributed by atoms with E-state index in [2.05, 4.69) is 50.4 Å². The molecule has 1 saturated heterocycles. The van der Waals surface area contributed by atoms with Gasteiger partial charge in [0.25, 0.3) is 0 Å². The van der Waals surface area contributed by atoms with Crippen molar-refractivity contribution in [1.29, 1.82) is 0 Å². The van der Waals surface area contributed by atoms with Gasteiger partial charge in [0, 0.05) is 5.54 Å². The molecule has 2 aliphatic rings. The van der Waals surface area contributed by atoms with Gasteiger partial charge < -0.3 is 5.32 Å². The van der Waals surface area contributed by atoms with Gasteiger partial charge in [0.1, 0.15) is 0 Å². The molecule has 1 heteroatoms. The van der Waals surface area contributed by atoms with E-state index in [1.165, 1.54) is 56.2 Å². The maximum atomic E-state index is 3.93. The van der Waals surface area contributed by atoms with Gasteiger partial charge in [-0.3, -0.25) is 0 Å². The SMILES string of the molecule is CC(C)(C)c1ccc(C2(C3CC3)CCCCCN2)cc1. The summed E-state index contributed by atoms with van der Waals surface area (Å²) < 4.78 is 0. The van der Waals surface area contributed by atoms with Gasteiger partial charge in [0.05, 0.1) is 0 Å². The lowest BCUT2D eigenvalue weighted by Crippen LogP contribution is -2.43. The Morgan fingerprint density at radius 1 is 1.00 bits per heavy atom. The second kappa shape index (κ2) is 5.18. The highest BCUT2D eigenvalue weighted by Gasteiger charge is 2.46. The second-order valence-corrected chi connectivity index (χ2v) is 7.81. The van der Waals surface area contributed by atoms with Crippen LogP contribution in [0.15, 0.2) is 24.3 Å². The third-order valence-corrected chi connectivity index (χ3v) is 5.23. The summed E-state index contributed by atoms with van der Waals surface area (Å²) in [6.45, 7) is 8.07. The summed E-state index contributed by atoms with van der Waals surface area (Å²) in [7, 11) is 0. The summed E-state index contributed by atoms with van der Waals surface area (Å²) in [5.41, 5.74) is 3.52. The zero-order chi connectivity index (χ0) is 14.2. The molecular weight excluding hydrogens is 242 g/mol. The molecule has 1 aromatic carbocycles. The second-order valence-electron chi connectivity index (χ2n) is 7.81.